The van der Waals surface area contributed by atoms with Gasteiger partial charge in [0.05, 0.1) is 23.0 Å². The minimum Gasteiger partial charge on any atom is -0.406 e. The second kappa shape index (κ2) is 7.60. The zero-order chi connectivity index (χ0) is 21.3. The SMILES string of the molecule is Cc1nc(-c2cccc(F)c2)ncc1OC(=O)Nn1cc(C#N)c2cc(F)ccc21. The second-order valence-corrected chi connectivity index (χ2v) is 6.34. The number of fused-ring (bicyclic) bond motifs is 1. The molecule has 7 nitrogen and oxygen atoms in total. The lowest BCUT2D eigenvalue weighted by Crippen LogP contribution is -2.25. The Hall–Kier alpha value is -4.32. The second-order valence-electron chi connectivity index (χ2n) is 6.34. The van der Waals surface area contributed by atoms with E-state index in [1.54, 1.807) is 19.1 Å². The molecule has 0 aliphatic heterocycles. The van der Waals surface area contributed by atoms with Gasteiger partial charge in [0, 0.05) is 17.1 Å². The highest BCUT2D eigenvalue weighted by Crippen LogP contribution is 2.23. The third-order valence-corrected chi connectivity index (χ3v) is 4.32. The lowest BCUT2D eigenvalue weighted by molar-refractivity contribution is 0.211. The molecule has 0 bridgehead atoms. The summed E-state index contributed by atoms with van der Waals surface area (Å²) in [6, 6.07) is 11.6. The average molecular weight is 405 g/mol. The molecule has 0 aliphatic rings. The van der Waals surface area contributed by atoms with Crippen LogP contribution in [0, 0.1) is 29.9 Å². The van der Waals surface area contributed by atoms with E-state index in [2.05, 4.69) is 15.4 Å². The molecule has 9 heteroatoms. The average Bonchev–Trinajstić information content (AvgIpc) is 3.06. The zero-order valence-corrected chi connectivity index (χ0v) is 15.6. The van der Waals surface area contributed by atoms with Crippen LogP contribution >= 0.6 is 0 Å². The highest BCUT2D eigenvalue weighted by molar-refractivity contribution is 5.89. The number of rotatable bonds is 3. The van der Waals surface area contributed by atoms with Crippen molar-refractivity contribution in [3.63, 3.8) is 0 Å². The van der Waals surface area contributed by atoms with Crippen LogP contribution in [0.3, 0.4) is 0 Å². The standard InChI is InChI=1S/C21H13F2N5O2/c1-12-19(10-25-20(26-12)13-3-2-4-15(22)7-13)30-21(29)27-28-11-14(9-24)17-8-16(23)5-6-18(17)28/h2-8,10-11H,1H3,(H,27,29). The molecule has 148 valence electrons. The van der Waals surface area contributed by atoms with Crippen molar-refractivity contribution in [1.29, 1.82) is 5.26 Å². The summed E-state index contributed by atoms with van der Waals surface area (Å²) < 4.78 is 33.4. The molecule has 0 spiro atoms. The van der Waals surface area contributed by atoms with Gasteiger partial charge in [0.25, 0.3) is 0 Å². The van der Waals surface area contributed by atoms with E-state index >= 15 is 0 Å². The smallest absolute Gasteiger partial charge is 0.406 e. The Morgan fingerprint density at radius 1 is 1.20 bits per heavy atom. The molecule has 2 aromatic heterocycles. The maximum absolute atomic E-state index is 13.5. The minimum atomic E-state index is -0.856. The van der Waals surface area contributed by atoms with Gasteiger partial charge in [-0.2, -0.15) is 5.26 Å². The van der Waals surface area contributed by atoms with Crippen LogP contribution in [0.5, 0.6) is 5.75 Å². The molecule has 0 fully saturated rings. The van der Waals surface area contributed by atoms with Gasteiger partial charge in [-0.25, -0.2) is 29.0 Å². The molecule has 0 radical (unpaired) electrons. The first kappa shape index (κ1) is 19.0. The van der Waals surface area contributed by atoms with Crippen LogP contribution in [0.4, 0.5) is 13.6 Å². The summed E-state index contributed by atoms with van der Waals surface area (Å²) in [5, 5.41) is 9.57. The van der Waals surface area contributed by atoms with E-state index in [-0.39, 0.29) is 17.1 Å². The number of benzene rings is 2. The summed E-state index contributed by atoms with van der Waals surface area (Å²) in [5.74, 6) is -0.512. The monoisotopic (exact) mass is 405 g/mol. The van der Waals surface area contributed by atoms with Crippen molar-refractivity contribution in [1.82, 2.24) is 14.6 Å². The molecule has 0 unspecified atom stereocenters. The van der Waals surface area contributed by atoms with Crippen molar-refractivity contribution in [2.24, 2.45) is 0 Å². The molecule has 1 N–H and O–H groups in total. The Labute approximate surface area is 169 Å². The summed E-state index contributed by atoms with van der Waals surface area (Å²) in [7, 11) is 0. The van der Waals surface area contributed by atoms with Crippen LogP contribution < -0.4 is 10.2 Å². The number of halogens is 2. The van der Waals surface area contributed by atoms with Gasteiger partial charge in [0.15, 0.2) is 11.6 Å². The molecule has 0 atom stereocenters. The van der Waals surface area contributed by atoms with Gasteiger partial charge in [-0.05, 0) is 37.3 Å². The van der Waals surface area contributed by atoms with E-state index in [1.807, 2.05) is 6.07 Å². The van der Waals surface area contributed by atoms with Crippen LogP contribution in [0.1, 0.15) is 11.3 Å². The molecule has 1 amide bonds. The Morgan fingerprint density at radius 2 is 2.00 bits per heavy atom. The van der Waals surface area contributed by atoms with Crippen LogP contribution in [0.2, 0.25) is 0 Å². The van der Waals surface area contributed by atoms with Crippen molar-refractivity contribution in [2.45, 2.75) is 6.92 Å². The molecular formula is C21H13F2N5O2. The van der Waals surface area contributed by atoms with Crippen LogP contribution in [0.25, 0.3) is 22.3 Å². The van der Waals surface area contributed by atoms with Gasteiger partial charge in [-0.15, -0.1) is 0 Å². The van der Waals surface area contributed by atoms with Crippen molar-refractivity contribution in [2.75, 3.05) is 5.43 Å². The highest BCUT2D eigenvalue weighted by Gasteiger charge is 2.14. The van der Waals surface area contributed by atoms with Crippen molar-refractivity contribution in [3.05, 3.63) is 77.8 Å². The number of ether oxygens (including phenoxy) is 1. The van der Waals surface area contributed by atoms with E-state index < -0.39 is 17.7 Å². The van der Waals surface area contributed by atoms with Crippen molar-refractivity contribution >= 4 is 17.0 Å². The van der Waals surface area contributed by atoms with Crippen LogP contribution in [-0.2, 0) is 0 Å². The quantitative estimate of drug-likeness (QED) is 0.549. The fourth-order valence-corrected chi connectivity index (χ4v) is 2.93. The number of hydrogen-bond acceptors (Lipinski definition) is 5. The van der Waals surface area contributed by atoms with E-state index in [4.69, 9.17) is 4.74 Å². The summed E-state index contributed by atoms with van der Waals surface area (Å²) in [4.78, 5) is 20.7. The summed E-state index contributed by atoms with van der Waals surface area (Å²) in [6.45, 7) is 1.62. The molecule has 0 aliphatic carbocycles. The first-order chi connectivity index (χ1) is 14.4. The molecule has 4 rings (SSSR count). The van der Waals surface area contributed by atoms with Gasteiger partial charge in [0.2, 0.25) is 0 Å². The normalized spacial score (nSPS) is 10.6. The zero-order valence-electron chi connectivity index (χ0n) is 15.6. The summed E-state index contributed by atoms with van der Waals surface area (Å²) in [5.41, 5.74) is 3.96. The van der Waals surface area contributed by atoms with Crippen molar-refractivity contribution in [3.8, 4) is 23.2 Å². The number of hydrogen-bond donors (Lipinski definition) is 1. The largest absolute Gasteiger partial charge is 0.432 e. The first-order valence-electron chi connectivity index (χ1n) is 8.74. The number of amides is 1. The number of aromatic nitrogens is 3. The number of aryl methyl sites for hydroxylation is 1. The van der Waals surface area contributed by atoms with E-state index in [0.29, 0.717) is 22.2 Å². The number of carbonyl (C=O) groups excluding carboxylic acids is 1. The molecule has 2 aromatic carbocycles. The summed E-state index contributed by atoms with van der Waals surface area (Å²) >= 11 is 0. The molecule has 4 aromatic rings. The number of nitrogens with one attached hydrogen (secondary N) is 1. The number of nitrogens with zero attached hydrogens (tertiary/aromatic N) is 4. The lowest BCUT2D eigenvalue weighted by atomic mass is 10.2. The van der Waals surface area contributed by atoms with Gasteiger partial charge in [0.1, 0.15) is 17.7 Å². The van der Waals surface area contributed by atoms with Gasteiger partial charge in [-0.1, -0.05) is 12.1 Å². The molecule has 30 heavy (non-hydrogen) atoms. The van der Waals surface area contributed by atoms with Gasteiger partial charge in [-0.3, -0.25) is 4.68 Å². The predicted octanol–water partition coefficient (Wildman–Crippen LogP) is 4.30. The summed E-state index contributed by atoms with van der Waals surface area (Å²) in [6.07, 6.45) is 1.82. The molecule has 0 saturated carbocycles. The van der Waals surface area contributed by atoms with Crippen LogP contribution in [-0.4, -0.2) is 20.7 Å². The Bertz CT molecular complexity index is 1330. The Morgan fingerprint density at radius 3 is 2.73 bits per heavy atom. The highest BCUT2D eigenvalue weighted by atomic mass is 19.1. The Kier molecular flexibility index (Phi) is 4.82. The lowest BCUT2D eigenvalue weighted by Gasteiger charge is -2.10. The fraction of sp³-hybridized carbons (Fsp3) is 0.0476. The molecular weight excluding hydrogens is 392 g/mol. The third kappa shape index (κ3) is 3.66. The maximum Gasteiger partial charge on any atom is 0.432 e. The third-order valence-electron chi connectivity index (χ3n) is 4.32. The van der Waals surface area contributed by atoms with Gasteiger partial charge >= 0.3 is 6.09 Å². The predicted molar refractivity (Wildman–Crippen MR) is 104 cm³/mol. The number of nitriles is 1. The van der Waals surface area contributed by atoms with Crippen LogP contribution in [0.15, 0.2) is 54.9 Å². The number of carbonyl (C=O) groups is 1. The van der Waals surface area contributed by atoms with E-state index in [1.165, 1.54) is 47.4 Å². The Balaban J connectivity index is 1.55. The molecule has 2 heterocycles. The van der Waals surface area contributed by atoms with E-state index in [9.17, 15) is 18.8 Å². The fourth-order valence-electron chi connectivity index (χ4n) is 2.93. The van der Waals surface area contributed by atoms with Gasteiger partial charge < -0.3 is 4.74 Å². The van der Waals surface area contributed by atoms with Crippen molar-refractivity contribution < 1.29 is 18.3 Å². The maximum atomic E-state index is 13.5. The molecule has 0 saturated heterocycles. The first-order valence-corrected chi connectivity index (χ1v) is 8.74. The minimum absolute atomic E-state index is 0.107. The van der Waals surface area contributed by atoms with E-state index in [0.717, 1.165) is 0 Å². The topological polar surface area (TPSA) is 92.8 Å².